The van der Waals surface area contributed by atoms with Crippen LogP contribution in [0, 0.1) is 0 Å². The Bertz CT molecular complexity index is 1700. The average Bonchev–Trinajstić information content (AvgIpc) is 3.50. The SMILES string of the molecule is CCOC(=O)c1nn(C)c2c1CCc1cnc(=O)[nH]c1-2.CCOC(=O)c1nn(C)c2c1CCc1cnc(OC)nc1-2. The maximum Gasteiger partial charge on any atom is 0.359 e. The molecule has 0 radical (unpaired) electrons. The first-order valence-electron chi connectivity index (χ1n) is 13.2. The van der Waals surface area contributed by atoms with Crippen molar-refractivity contribution in [2.45, 2.75) is 39.5 Å². The Morgan fingerprint density at radius 1 is 0.854 bits per heavy atom. The number of aryl methyl sites for hydroxylation is 4. The lowest BCUT2D eigenvalue weighted by molar-refractivity contribution is 0.0508. The van der Waals surface area contributed by atoms with Gasteiger partial charge >= 0.3 is 23.6 Å². The molecule has 0 atom stereocenters. The average molecular weight is 563 g/mol. The standard InChI is InChI=1S/C14H16N4O3.C13H14N4O3/c1-4-21-13(19)11-9-6-5-8-7-15-14(20-3)16-10(8)12(9)18(2)17-11;1-3-20-12(18)10-8-5-4-7-6-14-13(19)15-9(7)11(8)17(2)16-10/h7H,4-6H2,1-3H3;6H,3-5H2,1-2H3,(H,14,15,19). The van der Waals surface area contributed by atoms with Crippen LogP contribution in [-0.2, 0) is 49.3 Å². The monoisotopic (exact) mass is 562 g/mol. The summed E-state index contributed by atoms with van der Waals surface area (Å²) >= 11 is 0. The molecule has 4 heterocycles. The van der Waals surface area contributed by atoms with Gasteiger partial charge in [0.25, 0.3) is 0 Å². The summed E-state index contributed by atoms with van der Waals surface area (Å²) in [7, 11) is 5.07. The van der Waals surface area contributed by atoms with Crippen molar-refractivity contribution in [3.05, 3.63) is 56.5 Å². The van der Waals surface area contributed by atoms with Crippen molar-refractivity contribution in [2.24, 2.45) is 14.1 Å². The number of hydrogen-bond donors (Lipinski definition) is 1. The fraction of sp³-hybridized carbons (Fsp3) is 0.407. The van der Waals surface area contributed by atoms with Gasteiger partial charge in [-0.1, -0.05) is 0 Å². The number of carbonyl (C=O) groups excluding carboxylic acids is 2. The zero-order valence-corrected chi connectivity index (χ0v) is 23.5. The molecule has 0 saturated heterocycles. The maximum absolute atomic E-state index is 12.0. The van der Waals surface area contributed by atoms with E-state index in [4.69, 9.17) is 14.2 Å². The van der Waals surface area contributed by atoms with Crippen LogP contribution in [0.3, 0.4) is 0 Å². The summed E-state index contributed by atoms with van der Waals surface area (Å²) in [5, 5.41) is 8.55. The van der Waals surface area contributed by atoms with Crippen LogP contribution in [-0.4, -0.2) is 71.8 Å². The van der Waals surface area contributed by atoms with Crippen LogP contribution in [0.25, 0.3) is 22.8 Å². The summed E-state index contributed by atoms with van der Waals surface area (Å²) in [6, 6.07) is 0.306. The third-order valence-corrected chi connectivity index (χ3v) is 6.89. The lowest BCUT2D eigenvalue weighted by Gasteiger charge is -2.16. The van der Waals surface area contributed by atoms with Crippen LogP contribution in [0.4, 0.5) is 0 Å². The highest BCUT2D eigenvalue weighted by atomic mass is 16.5. The summed E-state index contributed by atoms with van der Waals surface area (Å²) in [5.41, 5.74) is 7.03. The van der Waals surface area contributed by atoms with Gasteiger partial charge in [0.05, 0.1) is 43.1 Å². The van der Waals surface area contributed by atoms with Crippen LogP contribution >= 0.6 is 0 Å². The van der Waals surface area contributed by atoms with Gasteiger partial charge in [-0.15, -0.1) is 0 Å². The van der Waals surface area contributed by atoms with Gasteiger partial charge in [-0.3, -0.25) is 9.36 Å². The van der Waals surface area contributed by atoms with Crippen LogP contribution in [0.1, 0.15) is 57.1 Å². The highest BCUT2D eigenvalue weighted by Crippen LogP contribution is 2.35. The van der Waals surface area contributed by atoms with E-state index in [1.54, 1.807) is 49.7 Å². The van der Waals surface area contributed by atoms with E-state index in [1.807, 2.05) is 0 Å². The van der Waals surface area contributed by atoms with Gasteiger partial charge in [0.2, 0.25) is 0 Å². The Balaban J connectivity index is 0.000000165. The normalized spacial score (nSPS) is 12.6. The predicted octanol–water partition coefficient (Wildman–Crippen LogP) is 1.61. The second-order valence-electron chi connectivity index (χ2n) is 9.36. The molecule has 2 aliphatic carbocycles. The molecule has 0 spiro atoms. The van der Waals surface area contributed by atoms with Crippen molar-refractivity contribution in [1.29, 1.82) is 0 Å². The molecule has 2 aliphatic rings. The molecular formula is C27H30N8O6. The first-order chi connectivity index (χ1) is 19.8. The van der Waals surface area contributed by atoms with Crippen LogP contribution < -0.4 is 10.4 Å². The number of rotatable bonds is 5. The number of aromatic nitrogens is 8. The molecule has 14 nitrogen and oxygen atoms in total. The van der Waals surface area contributed by atoms with Crippen LogP contribution in [0.2, 0.25) is 0 Å². The first-order valence-corrected chi connectivity index (χ1v) is 13.2. The van der Waals surface area contributed by atoms with Gasteiger partial charge in [-0.2, -0.15) is 15.2 Å². The molecule has 0 fully saturated rings. The number of aromatic amines is 1. The lowest BCUT2D eigenvalue weighted by Crippen LogP contribution is -2.17. The minimum absolute atomic E-state index is 0.306. The minimum Gasteiger partial charge on any atom is -0.467 e. The molecule has 4 aromatic rings. The molecule has 0 saturated carbocycles. The number of esters is 2. The number of nitrogens with one attached hydrogen (secondary N) is 1. The number of hydrogen-bond acceptors (Lipinski definition) is 11. The van der Waals surface area contributed by atoms with E-state index in [0.29, 0.717) is 49.1 Å². The Kier molecular flexibility index (Phi) is 7.64. The number of methoxy groups -OCH3 is 1. The largest absolute Gasteiger partial charge is 0.467 e. The molecule has 0 aliphatic heterocycles. The Labute approximate surface area is 234 Å². The van der Waals surface area contributed by atoms with Crippen LogP contribution in [0.5, 0.6) is 6.01 Å². The number of fused-ring (bicyclic) bond motifs is 6. The minimum atomic E-state index is -0.427. The molecule has 41 heavy (non-hydrogen) atoms. The van der Waals surface area contributed by atoms with Crippen molar-refractivity contribution < 1.29 is 23.8 Å². The van der Waals surface area contributed by atoms with Crippen molar-refractivity contribution >= 4 is 11.9 Å². The zero-order chi connectivity index (χ0) is 29.3. The zero-order valence-electron chi connectivity index (χ0n) is 23.5. The number of H-pyrrole nitrogens is 1. The quantitative estimate of drug-likeness (QED) is 0.351. The topological polar surface area (TPSA) is 169 Å². The summed E-state index contributed by atoms with van der Waals surface area (Å²) in [6.07, 6.45) is 6.22. The third-order valence-electron chi connectivity index (χ3n) is 6.89. The van der Waals surface area contributed by atoms with E-state index in [2.05, 4.69) is 30.1 Å². The van der Waals surface area contributed by atoms with Gasteiger partial charge in [0.15, 0.2) is 11.4 Å². The number of carbonyl (C=O) groups is 2. The fourth-order valence-corrected chi connectivity index (χ4v) is 5.16. The summed E-state index contributed by atoms with van der Waals surface area (Å²) in [4.78, 5) is 50.4. The smallest absolute Gasteiger partial charge is 0.359 e. The molecule has 14 heteroatoms. The molecule has 214 valence electrons. The van der Waals surface area contributed by atoms with E-state index in [-0.39, 0.29) is 5.97 Å². The molecule has 4 aromatic heterocycles. The molecule has 0 bridgehead atoms. The molecule has 0 aromatic carbocycles. The van der Waals surface area contributed by atoms with Gasteiger partial charge in [-0.25, -0.2) is 24.4 Å². The van der Waals surface area contributed by atoms with Gasteiger partial charge in [-0.05, 0) is 50.7 Å². The van der Waals surface area contributed by atoms with Crippen molar-refractivity contribution in [2.75, 3.05) is 20.3 Å². The van der Waals surface area contributed by atoms with E-state index in [1.165, 1.54) is 7.11 Å². The summed E-state index contributed by atoms with van der Waals surface area (Å²) in [6.45, 7) is 4.17. The van der Waals surface area contributed by atoms with Gasteiger partial charge in [0.1, 0.15) is 0 Å². The number of ether oxygens (including phenoxy) is 3. The number of nitrogens with zero attached hydrogens (tertiary/aromatic N) is 7. The maximum atomic E-state index is 12.0. The summed E-state index contributed by atoms with van der Waals surface area (Å²) < 4.78 is 18.5. The first kappa shape index (κ1) is 27.7. The van der Waals surface area contributed by atoms with Gasteiger partial charge < -0.3 is 19.2 Å². The van der Waals surface area contributed by atoms with Crippen molar-refractivity contribution in [1.82, 2.24) is 39.5 Å². The van der Waals surface area contributed by atoms with E-state index in [9.17, 15) is 14.4 Å². The molecule has 0 unspecified atom stereocenters. The fourth-order valence-electron chi connectivity index (χ4n) is 5.16. The molecular weight excluding hydrogens is 532 g/mol. The summed E-state index contributed by atoms with van der Waals surface area (Å²) in [5.74, 6) is -0.817. The van der Waals surface area contributed by atoms with E-state index < -0.39 is 11.7 Å². The predicted molar refractivity (Wildman–Crippen MR) is 145 cm³/mol. The Hall–Kier alpha value is -4.88. The highest BCUT2D eigenvalue weighted by molar-refractivity contribution is 5.92. The second kappa shape index (κ2) is 11.3. The highest BCUT2D eigenvalue weighted by Gasteiger charge is 2.30. The van der Waals surface area contributed by atoms with Crippen molar-refractivity contribution in [3.63, 3.8) is 0 Å². The van der Waals surface area contributed by atoms with Gasteiger partial charge in [0, 0.05) is 37.6 Å². The van der Waals surface area contributed by atoms with E-state index >= 15 is 0 Å². The molecule has 1 N–H and O–H groups in total. The van der Waals surface area contributed by atoms with Crippen LogP contribution in [0.15, 0.2) is 17.2 Å². The second-order valence-corrected chi connectivity index (χ2v) is 9.36. The third kappa shape index (κ3) is 5.08. The molecule has 0 amide bonds. The van der Waals surface area contributed by atoms with E-state index in [0.717, 1.165) is 52.2 Å². The Morgan fingerprint density at radius 3 is 2.02 bits per heavy atom. The Morgan fingerprint density at radius 2 is 1.41 bits per heavy atom. The molecule has 6 rings (SSSR count). The lowest BCUT2D eigenvalue weighted by atomic mass is 9.93. The van der Waals surface area contributed by atoms with Crippen molar-refractivity contribution in [3.8, 4) is 28.8 Å².